The van der Waals surface area contributed by atoms with Crippen molar-refractivity contribution in [1.29, 1.82) is 0 Å². The first kappa shape index (κ1) is 10.8. The lowest BCUT2D eigenvalue weighted by Crippen LogP contribution is -2.47. The van der Waals surface area contributed by atoms with Crippen LogP contribution in [-0.2, 0) is 0 Å². The normalized spacial score (nSPS) is 35.5. The summed E-state index contributed by atoms with van der Waals surface area (Å²) >= 11 is 0. The van der Waals surface area contributed by atoms with Crippen LogP contribution in [0.5, 0.6) is 0 Å². The van der Waals surface area contributed by atoms with Gasteiger partial charge in [0, 0.05) is 0 Å². The molecule has 0 saturated heterocycles. The molecule has 0 aromatic rings. The minimum Gasteiger partial charge on any atom is -0.0738 e. The Bertz CT molecular complexity index is 232. The minimum absolute atomic E-state index is 0.446. The van der Waals surface area contributed by atoms with Crippen molar-refractivity contribution in [3.05, 3.63) is 11.1 Å². The van der Waals surface area contributed by atoms with Crippen molar-refractivity contribution in [2.75, 3.05) is 0 Å². The van der Waals surface area contributed by atoms with E-state index in [2.05, 4.69) is 41.5 Å². The van der Waals surface area contributed by atoms with E-state index in [0.717, 1.165) is 0 Å². The van der Waals surface area contributed by atoms with E-state index in [1.807, 2.05) is 0 Å². The Kier molecular flexibility index (Phi) is 2.62. The summed E-state index contributed by atoms with van der Waals surface area (Å²) in [6.45, 7) is 14.1. The molecule has 0 spiro atoms. The van der Waals surface area contributed by atoms with Gasteiger partial charge in [-0.3, -0.25) is 0 Å². The van der Waals surface area contributed by atoms with Crippen LogP contribution in [0.15, 0.2) is 11.1 Å². The summed E-state index contributed by atoms with van der Waals surface area (Å²) in [5.74, 6) is 0. The fraction of sp³-hybridized carbons (Fsp3) is 0.846. The van der Waals surface area contributed by atoms with Gasteiger partial charge in [-0.25, -0.2) is 0 Å². The lowest BCUT2D eigenvalue weighted by atomic mass is 9.47. The summed E-state index contributed by atoms with van der Waals surface area (Å²) in [6, 6.07) is 0. The lowest BCUT2D eigenvalue weighted by Gasteiger charge is -2.57. The molecule has 1 aliphatic carbocycles. The van der Waals surface area contributed by atoms with Crippen molar-refractivity contribution in [3.63, 3.8) is 0 Å². The van der Waals surface area contributed by atoms with E-state index in [-0.39, 0.29) is 0 Å². The molecule has 13 heavy (non-hydrogen) atoms. The molecular weight excluding hydrogens is 156 g/mol. The second-order valence-electron chi connectivity index (χ2n) is 5.33. The van der Waals surface area contributed by atoms with E-state index in [0.29, 0.717) is 10.8 Å². The highest BCUT2D eigenvalue weighted by molar-refractivity contribution is 5.32. The molecule has 0 N–H and O–H groups in total. The Morgan fingerprint density at radius 1 is 1.23 bits per heavy atom. The Labute approximate surface area is 83.4 Å². The Morgan fingerprint density at radius 3 is 2.08 bits per heavy atom. The molecule has 1 aliphatic rings. The van der Waals surface area contributed by atoms with Gasteiger partial charge in [-0.1, -0.05) is 45.8 Å². The molecule has 1 saturated carbocycles. The molecule has 1 atom stereocenters. The molecule has 1 unspecified atom stereocenters. The van der Waals surface area contributed by atoms with Crippen LogP contribution in [-0.4, -0.2) is 0 Å². The monoisotopic (exact) mass is 180 g/mol. The van der Waals surface area contributed by atoms with Gasteiger partial charge in [0.05, 0.1) is 0 Å². The summed E-state index contributed by atoms with van der Waals surface area (Å²) in [7, 11) is 0. The average Bonchev–Trinajstić information content (AvgIpc) is 2.12. The molecule has 1 fully saturated rings. The van der Waals surface area contributed by atoms with Gasteiger partial charge in [-0.05, 0) is 37.0 Å². The van der Waals surface area contributed by atoms with E-state index in [4.69, 9.17) is 0 Å². The predicted octanol–water partition coefficient (Wildman–Crippen LogP) is 4.56. The fourth-order valence-corrected chi connectivity index (χ4v) is 2.55. The lowest BCUT2D eigenvalue weighted by molar-refractivity contribution is 0.0355. The first-order valence-corrected chi connectivity index (χ1v) is 5.58. The second kappa shape index (κ2) is 3.15. The molecule has 76 valence electrons. The smallest absolute Gasteiger partial charge is 0.00852 e. The third-order valence-electron chi connectivity index (χ3n) is 4.66. The predicted molar refractivity (Wildman–Crippen MR) is 59.8 cm³/mol. The van der Waals surface area contributed by atoms with E-state index in [1.54, 1.807) is 11.1 Å². The summed E-state index contributed by atoms with van der Waals surface area (Å²) < 4.78 is 0. The molecule has 0 aromatic heterocycles. The van der Waals surface area contributed by atoms with Crippen LogP contribution in [0, 0.1) is 10.8 Å². The molecule has 0 aromatic carbocycles. The van der Waals surface area contributed by atoms with Crippen molar-refractivity contribution in [2.24, 2.45) is 10.8 Å². The van der Waals surface area contributed by atoms with Crippen molar-refractivity contribution in [3.8, 4) is 0 Å². The van der Waals surface area contributed by atoms with Gasteiger partial charge in [-0.15, -0.1) is 0 Å². The third kappa shape index (κ3) is 1.35. The molecule has 0 aliphatic heterocycles. The van der Waals surface area contributed by atoms with Gasteiger partial charge < -0.3 is 0 Å². The summed E-state index contributed by atoms with van der Waals surface area (Å²) in [5.41, 5.74) is 4.34. The molecule has 0 bridgehead atoms. The Balaban J connectivity index is 2.93. The average molecular weight is 180 g/mol. The zero-order valence-electron chi connectivity index (χ0n) is 10.1. The standard InChI is InChI=1S/C13H24/c1-7-10(3)11-9-13(6,8-2)12(11,4)5/h7-9H2,1-6H3. The van der Waals surface area contributed by atoms with Gasteiger partial charge in [0.1, 0.15) is 0 Å². The summed E-state index contributed by atoms with van der Waals surface area (Å²) in [6.07, 6.45) is 3.86. The van der Waals surface area contributed by atoms with Crippen molar-refractivity contribution < 1.29 is 0 Å². The maximum Gasteiger partial charge on any atom is -0.00852 e. The van der Waals surface area contributed by atoms with Crippen LogP contribution in [0.1, 0.15) is 60.8 Å². The van der Waals surface area contributed by atoms with E-state index in [9.17, 15) is 0 Å². The largest absolute Gasteiger partial charge is 0.0738 e. The number of hydrogen-bond acceptors (Lipinski definition) is 0. The van der Waals surface area contributed by atoms with Crippen LogP contribution in [0.3, 0.4) is 0 Å². The first-order chi connectivity index (χ1) is 5.89. The number of allylic oxidation sites excluding steroid dienone is 2. The van der Waals surface area contributed by atoms with E-state index >= 15 is 0 Å². The van der Waals surface area contributed by atoms with Gasteiger partial charge in [0.15, 0.2) is 0 Å². The van der Waals surface area contributed by atoms with Crippen molar-refractivity contribution in [2.45, 2.75) is 60.8 Å². The van der Waals surface area contributed by atoms with Gasteiger partial charge in [0.25, 0.3) is 0 Å². The highest BCUT2D eigenvalue weighted by atomic mass is 14.6. The molecule has 0 heterocycles. The molecule has 0 amide bonds. The quantitative estimate of drug-likeness (QED) is 0.546. The highest BCUT2D eigenvalue weighted by Gasteiger charge is 2.52. The SMILES string of the molecule is CCC(C)=C1CC(C)(CC)C1(C)C. The van der Waals surface area contributed by atoms with Gasteiger partial charge >= 0.3 is 0 Å². The van der Waals surface area contributed by atoms with Crippen LogP contribution in [0.2, 0.25) is 0 Å². The highest BCUT2D eigenvalue weighted by Crippen LogP contribution is 2.62. The zero-order valence-corrected chi connectivity index (χ0v) is 10.1. The van der Waals surface area contributed by atoms with Crippen LogP contribution in [0.4, 0.5) is 0 Å². The molecule has 0 radical (unpaired) electrons. The second-order valence-corrected chi connectivity index (χ2v) is 5.33. The zero-order chi connectivity index (χ0) is 10.3. The van der Waals surface area contributed by atoms with Crippen molar-refractivity contribution in [1.82, 2.24) is 0 Å². The Morgan fingerprint density at radius 2 is 1.77 bits per heavy atom. The number of rotatable bonds is 2. The number of hydrogen-bond donors (Lipinski definition) is 0. The molecule has 0 nitrogen and oxygen atoms in total. The van der Waals surface area contributed by atoms with Crippen molar-refractivity contribution >= 4 is 0 Å². The maximum absolute atomic E-state index is 2.43. The van der Waals surface area contributed by atoms with Crippen LogP contribution >= 0.6 is 0 Å². The van der Waals surface area contributed by atoms with Crippen LogP contribution in [0.25, 0.3) is 0 Å². The fourth-order valence-electron chi connectivity index (χ4n) is 2.55. The van der Waals surface area contributed by atoms with Gasteiger partial charge in [0.2, 0.25) is 0 Å². The third-order valence-corrected chi connectivity index (χ3v) is 4.66. The first-order valence-electron chi connectivity index (χ1n) is 5.58. The summed E-state index contributed by atoms with van der Waals surface area (Å²) in [4.78, 5) is 0. The maximum atomic E-state index is 2.43. The Hall–Kier alpha value is -0.260. The summed E-state index contributed by atoms with van der Waals surface area (Å²) in [5, 5.41) is 0. The van der Waals surface area contributed by atoms with Crippen LogP contribution < -0.4 is 0 Å². The minimum atomic E-state index is 0.446. The van der Waals surface area contributed by atoms with E-state index in [1.165, 1.54) is 19.3 Å². The molecule has 1 rings (SSSR count). The van der Waals surface area contributed by atoms with Gasteiger partial charge in [-0.2, -0.15) is 0 Å². The topological polar surface area (TPSA) is 0 Å². The molecule has 0 heteroatoms. The van der Waals surface area contributed by atoms with E-state index < -0.39 is 0 Å². The molecular formula is C13H24.